The van der Waals surface area contributed by atoms with Crippen LogP contribution in [0.4, 0.5) is 0 Å². The Hall–Kier alpha value is -1.89. The summed E-state index contributed by atoms with van der Waals surface area (Å²) in [5, 5.41) is 3.33. The molecule has 0 amide bonds. The van der Waals surface area contributed by atoms with Gasteiger partial charge in [0.05, 0.1) is 7.11 Å². The van der Waals surface area contributed by atoms with Crippen LogP contribution in [0.3, 0.4) is 0 Å². The van der Waals surface area contributed by atoms with Crippen LogP contribution < -0.4 is 14.8 Å². The molecule has 5 nitrogen and oxygen atoms in total. The van der Waals surface area contributed by atoms with E-state index in [9.17, 15) is 8.76 Å². The molecular weight excluding hydrogens is 338 g/mol. The number of ether oxygens (including phenoxy) is 2. The molecule has 0 aliphatic heterocycles. The lowest BCUT2D eigenvalue weighted by atomic mass is 10.00. The Morgan fingerprint density at radius 3 is 2.60 bits per heavy atom. The van der Waals surface area contributed by atoms with Gasteiger partial charge in [-0.2, -0.15) is 0 Å². The predicted molar refractivity (Wildman–Crippen MR) is 98.1 cm³/mol. The van der Waals surface area contributed by atoms with Gasteiger partial charge in [0, 0.05) is 18.0 Å². The molecule has 2 unspecified atom stereocenters. The number of nitrogens with one attached hydrogen (secondary N) is 1. The van der Waals surface area contributed by atoms with E-state index in [0.717, 1.165) is 23.4 Å². The second-order valence-electron chi connectivity index (χ2n) is 5.86. The molecule has 2 rings (SSSR count). The summed E-state index contributed by atoms with van der Waals surface area (Å²) in [7, 11) is 1.62. The van der Waals surface area contributed by atoms with Crippen LogP contribution in [0.1, 0.15) is 24.0 Å². The number of methoxy groups -OCH3 is 1. The quantitative estimate of drug-likeness (QED) is 0.548. The average molecular weight is 362 g/mol. The van der Waals surface area contributed by atoms with E-state index in [2.05, 4.69) is 12.2 Å². The highest BCUT2D eigenvalue weighted by molar-refractivity contribution is 7.79. The highest BCUT2D eigenvalue weighted by Gasteiger charge is 2.08. The smallest absolute Gasteiger partial charge is 0.161 e. The third kappa shape index (κ3) is 5.56. The van der Waals surface area contributed by atoms with E-state index < -0.39 is 11.1 Å². The van der Waals surface area contributed by atoms with E-state index in [4.69, 9.17) is 9.47 Å². The van der Waals surface area contributed by atoms with Crippen LogP contribution in [0.5, 0.6) is 11.5 Å². The van der Waals surface area contributed by atoms with Crippen molar-refractivity contribution >= 4 is 11.1 Å². The van der Waals surface area contributed by atoms with Gasteiger partial charge >= 0.3 is 0 Å². The van der Waals surface area contributed by atoms with E-state index in [1.165, 1.54) is 0 Å². The lowest BCUT2D eigenvalue weighted by Gasteiger charge is -2.17. The minimum atomic E-state index is -2.20. The van der Waals surface area contributed by atoms with Crippen molar-refractivity contribution < 1.29 is 18.2 Å². The molecule has 0 saturated carbocycles. The third-order valence-electron chi connectivity index (χ3n) is 4.02. The first kappa shape index (κ1) is 19.4. The van der Waals surface area contributed by atoms with Crippen LogP contribution in [-0.4, -0.2) is 35.6 Å². The van der Waals surface area contributed by atoms with Gasteiger partial charge < -0.3 is 19.3 Å². The Labute approximate surface area is 151 Å². The van der Waals surface area contributed by atoms with Gasteiger partial charge in [-0.25, -0.2) is 0 Å². The molecule has 0 aliphatic rings. The van der Waals surface area contributed by atoms with E-state index in [1.54, 1.807) is 20.1 Å². The first-order valence-corrected chi connectivity index (χ1v) is 9.26. The fourth-order valence-corrected chi connectivity index (χ4v) is 3.07. The number of hydrogen-bond donors (Lipinski definition) is 1. The van der Waals surface area contributed by atoms with Crippen molar-refractivity contribution in [1.29, 1.82) is 0 Å². The highest BCUT2D eigenvalue weighted by Crippen LogP contribution is 2.25. The van der Waals surface area contributed by atoms with Gasteiger partial charge in [0.2, 0.25) is 0 Å². The molecule has 0 radical (unpaired) electrons. The molecule has 25 heavy (non-hydrogen) atoms. The SMILES string of the molecule is COc1ccccc1OCCNCC(C)c1ccc(C)c(S(=O)[O-])c1. The Morgan fingerprint density at radius 1 is 1.20 bits per heavy atom. The van der Waals surface area contributed by atoms with Gasteiger partial charge in [-0.15, -0.1) is 0 Å². The van der Waals surface area contributed by atoms with Crippen LogP contribution in [0, 0.1) is 6.92 Å². The van der Waals surface area contributed by atoms with Gasteiger partial charge in [-0.05, 0) is 53.2 Å². The molecule has 136 valence electrons. The van der Waals surface area contributed by atoms with Gasteiger partial charge in [-0.1, -0.05) is 31.2 Å². The third-order valence-corrected chi connectivity index (χ3v) is 4.82. The Balaban J connectivity index is 1.80. The van der Waals surface area contributed by atoms with Crippen molar-refractivity contribution in [2.45, 2.75) is 24.7 Å². The molecule has 0 fully saturated rings. The van der Waals surface area contributed by atoms with Crippen molar-refractivity contribution in [3.8, 4) is 11.5 Å². The normalized spacial score (nSPS) is 13.3. The second kappa shape index (κ2) is 9.56. The van der Waals surface area contributed by atoms with Crippen LogP contribution >= 0.6 is 0 Å². The van der Waals surface area contributed by atoms with Crippen LogP contribution in [0.25, 0.3) is 0 Å². The molecule has 1 N–H and O–H groups in total. The molecule has 6 heteroatoms. The monoisotopic (exact) mass is 362 g/mol. The molecule has 0 saturated heterocycles. The predicted octanol–water partition coefficient (Wildman–Crippen LogP) is 3.01. The largest absolute Gasteiger partial charge is 0.768 e. The minimum absolute atomic E-state index is 0.203. The topological polar surface area (TPSA) is 70.6 Å². The lowest BCUT2D eigenvalue weighted by molar-refractivity contribution is 0.291. The lowest BCUT2D eigenvalue weighted by Crippen LogP contribution is -2.25. The summed E-state index contributed by atoms with van der Waals surface area (Å²) in [4.78, 5) is 0.365. The van der Waals surface area contributed by atoms with E-state index in [1.807, 2.05) is 36.4 Å². The Kier molecular flexibility index (Phi) is 7.43. The zero-order valence-corrected chi connectivity index (χ0v) is 15.6. The summed E-state index contributed by atoms with van der Waals surface area (Å²) in [5.74, 6) is 1.64. The van der Waals surface area contributed by atoms with Crippen molar-refractivity contribution in [3.63, 3.8) is 0 Å². The fourth-order valence-electron chi connectivity index (χ4n) is 2.51. The van der Waals surface area contributed by atoms with Crippen molar-refractivity contribution in [3.05, 3.63) is 53.6 Å². The second-order valence-corrected chi connectivity index (χ2v) is 6.77. The van der Waals surface area contributed by atoms with Gasteiger partial charge in [-0.3, -0.25) is 4.21 Å². The minimum Gasteiger partial charge on any atom is -0.768 e. The standard InChI is InChI=1S/C19H25NO4S/c1-14-8-9-16(12-19(14)25(21)22)15(2)13-20-10-11-24-18-7-5-4-6-17(18)23-3/h4-9,12,15,20H,10-11,13H2,1-3H3,(H,21,22)/p-1. The van der Waals surface area contributed by atoms with E-state index in [-0.39, 0.29) is 5.92 Å². The van der Waals surface area contributed by atoms with E-state index >= 15 is 0 Å². The first-order valence-electron chi connectivity index (χ1n) is 8.19. The number of aryl methyl sites for hydroxylation is 1. The number of benzene rings is 2. The van der Waals surface area contributed by atoms with Gasteiger partial charge in [0.1, 0.15) is 6.61 Å². The van der Waals surface area contributed by atoms with Gasteiger partial charge in [0.25, 0.3) is 0 Å². The van der Waals surface area contributed by atoms with Crippen molar-refractivity contribution in [1.82, 2.24) is 5.32 Å². The number of hydrogen-bond acceptors (Lipinski definition) is 5. The first-order chi connectivity index (χ1) is 12.0. The molecule has 2 aromatic rings. The number of para-hydroxylation sites is 2. The van der Waals surface area contributed by atoms with Crippen LogP contribution in [-0.2, 0) is 11.1 Å². The summed E-state index contributed by atoms with van der Waals surface area (Å²) < 4.78 is 33.4. The molecule has 0 aliphatic carbocycles. The van der Waals surface area contributed by atoms with Crippen LogP contribution in [0.2, 0.25) is 0 Å². The van der Waals surface area contributed by atoms with Crippen molar-refractivity contribution in [2.24, 2.45) is 0 Å². The molecule has 0 bridgehead atoms. The Morgan fingerprint density at radius 2 is 1.92 bits per heavy atom. The summed E-state index contributed by atoms with van der Waals surface area (Å²) in [6.07, 6.45) is 0. The maximum absolute atomic E-state index is 11.2. The molecule has 2 aromatic carbocycles. The summed E-state index contributed by atoms with van der Waals surface area (Å²) in [5.41, 5.74) is 1.77. The van der Waals surface area contributed by atoms with E-state index in [0.29, 0.717) is 23.8 Å². The Bertz CT molecular complexity index is 720. The fraction of sp³-hybridized carbons (Fsp3) is 0.368. The number of rotatable bonds is 9. The zero-order valence-electron chi connectivity index (χ0n) is 14.8. The molecular formula is C19H24NO4S-. The zero-order chi connectivity index (χ0) is 18.2. The molecule has 0 spiro atoms. The molecule has 0 heterocycles. The summed E-state index contributed by atoms with van der Waals surface area (Å²) in [6, 6.07) is 13.1. The summed E-state index contributed by atoms with van der Waals surface area (Å²) in [6.45, 7) is 5.82. The van der Waals surface area contributed by atoms with Crippen LogP contribution in [0.15, 0.2) is 47.4 Å². The molecule has 2 atom stereocenters. The van der Waals surface area contributed by atoms with Crippen molar-refractivity contribution in [2.75, 3.05) is 26.8 Å². The average Bonchev–Trinajstić information content (AvgIpc) is 2.61. The maximum Gasteiger partial charge on any atom is 0.161 e. The highest BCUT2D eigenvalue weighted by atomic mass is 32.2. The molecule has 0 aromatic heterocycles. The van der Waals surface area contributed by atoms with Gasteiger partial charge in [0.15, 0.2) is 11.5 Å². The maximum atomic E-state index is 11.2. The summed E-state index contributed by atoms with van der Waals surface area (Å²) >= 11 is -2.20.